The molecule has 2 aliphatic heterocycles. The summed E-state index contributed by atoms with van der Waals surface area (Å²) < 4.78 is 26.4. The van der Waals surface area contributed by atoms with Crippen molar-refractivity contribution in [3.8, 4) is 0 Å². The summed E-state index contributed by atoms with van der Waals surface area (Å²) in [7, 11) is -3.51. The first-order valence-corrected chi connectivity index (χ1v) is 9.43. The summed E-state index contributed by atoms with van der Waals surface area (Å²) in [6, 6.07) is 7.02. The Morgan fingerprint density at radius 1 is 1.35 bits per heavy atom. The first-order chi connectivity index (χ1) is 11.0. The van der Waals surface area contributed by atoms with Gasteiger partial charge in [0.1, 0.15) is 5.84 Å². The van der Waals surface area contributed by atoms with Crippen molar-refractivity contribution in [2.24, 2.45) is 4.99 Å². The van der Waals surface area contributed by atoms with Crippen LogP contribution in [-0.2, 0) is 14.8 Å². The smallest absolute Gasteiger partial charge is 0.263 e. The lowest BCUT2D eigenvalue weighted by Gasteiger charge is -2.33. The lowest BCUT2D eigenvalue weighted by atomic mass is 10.0. The molecular formula is C16H21N3O3S. The molecule has 0 aliphatic carbocycles. The fourth-order valence-electron chi connectivity index (χ4n) is 3.13. The molecule has 0 saturated carbocycles. The molecular weight excluding hydrogens is 314 g/mol. The molecule has 1 fully saturated rings. The molecule has 6 nitrogen and oxygen atoms in total. The maximum Gasteiger partial charge on any atom is 0.263 e. The molecule has 1 saturated heterocycles. The molecule has 0 spiro atoms. The molecule has 0 unspecified atom stereocenters. The number of sulfonamides is 1. The number of nitrogens with one attached hydrogen (secondary N) is 1. The maximum atomic E-state index is 12.3. The van der Waals surface area contributed by atoms with E-state index < -0.39 is 10.0 Å². The summed E-state index contributed by atoms with van der Waals surface area (Å²) in [5, 5.41) is 0. The minimum absolute atomic E-state index is 0.0932. The summed E-state index contributed by atoms with van der Waals surface area (Å²) in [6.45, 7) is 3.17. The van der Waals surface area contributed by atoms with Crippen LogP contribution in [0.25, 0.3) is 0 Å². The number of rotatable bonds is 3. The topological polar surface area (TPSA) is 78.8 Å². The number of carbonyl (C=O) groups is 1. The summed E-state index contributed by atoms with van der Waals surface area (Å²) in [5.74, 6) is 0.427. The first-order valence-electron chi connectivity index (χ1n) is 7.95. The van der Waals surface area contributed by atoms with E-state index in [4.69, 9.17) is 0 Å². The van der Waals surface area contributed by atoms with Gasteiger partial charge in [0, 0.05) is 24.6 Å². The van der Waals surface area contributed by atoms with Crippen molar-refractivity contribution in [2.45, 2.75) is 43.5 Å². The van der Waals surface area contributed by atoms with Crippen molar-refractivity contribution in [3.05, 3.63) is 29.8 Å². The van der Waals surface area contributed by atoms with E-state index in [1.807, 2.05) is 4.90 Å². The third-order valence-corrected chi connectivity index (χ3v) is 5.78. The maximum absolute atomic E-state index is 12.3. The number of carbonyl (C=O) groups excluding carboxylic acids is 1. The van der Waals surface area contributed by atoms with Gasteiger partial charge in [-0.1, -0.05) is 12.1 Å². The van der Waals surface area contributed by atoms with E-state index in [0.29, 0.717) is 17.8 Å². The Bertz CT molecular complexity index is 743. The highest BCUT2D eigenvalue weighted by Crippen LogP contribution is 2.22. The minimum atomic E-state index is -3.51. The van der Waals surface area contributed by atoms with Gasteiger partial charge in [0.25, 0.3) is 10.0 Å². The number of aliphatic imine (C=N–C) groups is 1. The van der Waals surface area contributed by atoms with E-state index in [0.717, 1.165) is 19.4 Å². The molecule has 1 aromatic rings. The number of hydrogen-bond donors (Lipinski definition) is 1. The SMILES string of the molecule is C[C@@H]1CCCCN1C(=O)CCN=C1NS(=O)(=O)c2ccccc21. The highest BCUT2D eigenvalue weighted by Gasteiger charge is 2.30. The molecule has 0 bridgehead atoms. The Balaban J connectivity index is 1.66. The molecule has 7 heteroatoms. The van der Waals surface area contributed by atoms with Crippen LogP contribution in [-0.4, -0.2) is 44.2 Å². The molecule has 1 N–H and O–H groups in total. The lowest BCUT2D eigenvalue weighted by Crippen LogP contribution is -2.42. The standard InChI is InChI=1S/C16H21N3O3S/c1-12-6-4-5-11-19(12)15(20)9-10-17-16-13-7-2-3-8-14(13)23(21,22)18-16/h2-3,7-8,12H,4-6,9-11H2,1H3,(H,17,18)/t12-/m1/s1. The number of hydrogen-bond acceptors (Lipinski definition) is 4. The van der Waals surface area contributed by atoms with Crippen molar-refractivity contribution in [1.29, 1.82) is 0 Å². The zero-order valence-electron chi connectivity index (χ0n) is 13.2. The summed E-state index contributed by atoms with van der Waals surface area (Å²) in [5.41, 5.74) is 0.575. The van der Waals surface area contributed by atoms with Gasteiger partial charge in [-0.2, -0.15) is 0 Å². The molecule has 0 radical (unpaired) electrons. The minimum Gasteiger partial charge on any atom is -0.340 e. The molecule has 1 amide bonds. The number of amides is 1. The highest BCUT2D eigenvalue weighted by molar-refractivity contribution is 7.90. The van der Waals surface area contributed by atoms with Gasteiger partial charge in [-0.05, 0) is 38.3 Å². The normalized spacial score (nSPS) is 24.3. The second kappa shape index (κ2) is 6.31. The number of piperidine rings is 1. The van der Waals surface area contributed by atoms with Gasteiger partial charge in [-0.25, -0.2) is 8.42 Å². The van der Waals surface area contributed by atoms with E-state index in [1.54, 1.807) is 24.3 Å². The third kappa shape index (κ3) is 3.24. The largest absolute Gasteiger partial charge is 0.340 e. The zero-order chi connectivity index (χ0) is 16.4. The van der Waals surface area contributed by atoms with Crippen LogP contribution >= 0.6 is 0 Å². The summed E-state index contributed by atoms with van der Waals surface area (Å²) >= 11 is 0. The highest BCUT2D eigenvalue weighted by atomic mass is 32.2. The first kappa shape index (κ1) is 16.0. The van der Waals surface area contributed by atoms with Gasteiger partial charge >= 0.3 is 0 Å². The third-order valence-electron chi connectivity index (χ3n) is 4.38. The van der Waals surface area contributed by atoms with Crippen LogP contribution < -0.4 is 4.72 Å². The van der Waals surface area contributed by atoms with Crippen molar-refractivity contribution >= 4 is 21.8 Å². The molecule has 1 atom stereocenters. The zero-order valence-corrected chi connectivity index (χ0v) is 14.0. The number of fused-ring (bicyclic) bond motifs is 1. The molecule has 2 heterocycles. The fraction of sp³-hybridized carbons (Fsp3) is 0.500. The predicted molar refractivity (Wildman–Crippen MR) is 87.8 cm³/mol. The van der Waals surface area contributed by atoms with Gasteiger partial charge in [-0.15, -0.1) is 0 Å². The van der Waals surface area contributed by atoms with Crippen LogP contribution in [0.4, 0.5) is 0 Å². The van der Waals surface area contributed by atoms with Gasteiger partial charge in [-0.3, -0.25) is 14.5 Å². The summed E-state index contributed by atoms with van der Waals surface area (Å²) in [4.78, 5) is 18.7. The number of benzene rings is 1. The summed E-state index contributed by atoms with van der Waals surface area (Å²) in [6.07, 6.45) is 3.58. The molecule has 3 rings (SSSR count). The molecule has 23 heavy (non-hydrogen) atoms. The van der Waals surface area contributed by atoms with Crippen LogP contribution in [0.1, 0.15) is 38.2 Å². The van der Waals surface area contributed by atoms with Gasteiger partial charge in [0.15, 0.2) is 0 Å². The molecule has 0 aromatic heterocycles. The fourth-order valence-corrected chi connectivity index (χ4v) is 4.38. The number of amidine groups is 1. The van der Waals surface area contributed by atoms with Gasteiger partial charge in [0.2, 0.25) is 5.91 Å². The van der Waals surface area contributed by atoms with E-state index >= 15 is 0 Å². The Hall–Kier alpha value is -1.89. The quantitative estimate of drug-likeness (QED) is 0.909. The van der Waals surface area contributed by atoms with Crippen LogP contribution in [0.2, 0.25) is 0 Å². The monoisotopic (exact) mass is 335 g/mol. The van der Waals surface area contributed by atoms with Crippen molar-refractivity contribution in [2.75, 3.05) is 13.1 Å². The Morgan fingerprint density at radius 3 is 2.91 bits per heavy atom. The van der Waals surface area contributed by atoms with E-state index in [2.05, 4.69) is 16.6 Å². The van der Waals surface area contributed by atoms with Crippen LogP contribution in [0, 0.1) is 0 Å². The molecule has 2 aliphatic rings. The Labute approximate surface area is 136 Å². The lowest BCUT2D eigenvalue weighted by molar-refractivity contribution is -0.134. The van der Waals surface area contributed by atoms with E-state index in [1.165, 1.54) is 6.42 Å². The van der Waals surface area contributed by atoms with E-state index in [9.17, 15) is 13.2 Å². The van der Waals surface area contributed by atoms with Gasteiger partial charge < -0.3 is 4.90 Å². The van der Waals surface area contributed by atoms with Gasteiger partial charge in [0.05, 0.1) is 11.4 Å². The van der Waals surface area contributed by atoms with Crippen molar-refractivity contribution in [1.82, 2.24) is 9.62 Å². The second-order valence-electron chi connectivity index (χ2n) is 6.01. The molecule has 124 valence electrons. The Kier molecular flexibility index (Phi) is 4.39. The number of nitrogens with zero attached hydrogens (tertiary/aromatic N) is 2. The average molecular weight is 335 g/mol. The van der Waals surface area contributed by atoms with Crippen molar-refractivity contribution in [3.63, 3.8) is 0 Å². The van der Waals surface area contributed by atoms with Crippen molar-refractivity contribution < 1.29 is 13.2 Å². The van der Waals surface area contributed by atoms with Crippen LogP contribution in [0.3, 0.4) is 0 Å². The van der Waals surface area contributed by atoms with Crippen LogP contribution in [0.5, 0.6) is 0 Å². The average Bonchev–Trinajstić information content (AvgIpc) is 2.79. The van der Waals surface area contributed by atoms with Crippen LogP contribution in [0.15, 0.2) is 34.2 Å². The van der Waals surface area contributed by atoms with E-state index in [-0.39, 0.29) is 23.4 Å². The Morgan fingerprint density at radius 2 is 2.13 bits per heavy atom. The second-order valence-corrected chi connectivity index (χ2v) is 7.66. The number of likely N-dealkylation sites (tertiary alicyclic amines) is 1. The molecule has 1 aromatic carbocycles. The predicted octanol–water partition coefficient (Wildman–Crippen LogP) is 1.52.